The Bertz CT molecular complexity index is 1290. The van der Waals surface area contributed by atoms with Gasteiger partial charge in [0.1, 0.15) is 11.8 Å². The monoisotopic (exact) mass is 563 g/mol. The third kappa shape index (κ3) is 6.57. The largest absolute Gasteiger partial charge is 0.433 e. The van der Waals surface area contributed by atoms with Crippen LogP contribution in [-0.4, -0.2) is 29.5 Å². The summed E-state index contributed by atoms with van der Waals surface area (Å²) < 4.78 is 5.41. The number of anilines is 1. The Kier molecular flexibility index (Phi) is 9.45. The molecule has 1 N–H and O–H groups in total. The zero-order chi connectivity index (χ0) is 26.8. The quantitative estimate of drug-likeness (QED) is 0.0864. The van der Waals surface area contributed by atoms with Crippen molar-refractivity contribution in [3.8, 4) is 0 Å². The molecule has 0 unspecified atom stereocenters. The fourth-order valence-electron chi connectivity index (χ4n) is 4.10. The van der Waals surface area contributed by atoms with Crippen LogP contribution in [0.4, 0.5) is 5.13 Å². The topological polar surface area (TPSA) is 72.8 Å². The summed E-state index contributed by atoms with van der Waals surface area (Å²) in [5.41, 5.74) is 3.30. The summed E-state index contributed by atoms with van der Waals surface area (Å²) in [7, 11) is 0. The number of carbonyl (C=O) groups is 1. The third-order valence-corrected chi connectivity index (χ3v) is 11.2. The maximum atomic E-state index is 12.0. The van der Waals surface area contributed by atoms with E-state index in [9.17, 15) is 4.79 Å². The number of benzene rings is 3. The summed E-state index contributed by atoms with van der Waals surface area (Å²) in [4.78, 5) is 22.1. The Hall–Kier alpha value is -3.32. The van der Waals surface area contributed by atoms with E-state index in [-0.39, 0.29) is 6.61 Å². The summed E-state index contributed by atoms with van der Waals surface area (Å²) in [5.74, 6) is -0.573. The highest BCUT2D eigenvalue weighted by atomic mass is 32.4. The number of aromatic nitrogens is 1. The zero-order valence-corrected chi connectivity index (χ0v) is 23.8. The first kappa shape index (κ1) is 27.7. The lowest BCUT2D eigenvalue weighted by Gasteiger charge is -2.36. The number of oxime groups is 1. The van der Waals surface area contributed by atoms with Gasteiger partial charge in [-0.15, -0.1) is 11.3 Å². The van der Waals surface area contributed by atoms with Crippen LogP contribution in [0.2, 0.25) is 0 Å². The molecule has 0 atom stereocenters. The van der Waals surface area contributed by atoms with Gasteiger partial charge in [0.05, 0.1) is 5.69 Å². The number of nitrogens with one attached hydrogen (secondary N) is 1. The molecule has 0 fully saturated rings. The Morgan fingerprint density at radius 1 is 0.947 bits per heavy atom. The lowest BCUT2D eigenvalue weighted by atomic mass is 9.77. The van der Waals surface area contributed by atoms with Gasteiger partial charge < -0.3 is 14.7 Å². The summed E-state index contributed by atoms with van der Waals surface area (Å²) in [6.45, 7) is 3.98. The molecule has 1 aromatic heterocycles. The smallest absolute Gasteiger partial charge is 0.356 e. The predicted octanol–water partition coefficient (Wildman–Crippen LogP) is 7.03. The van der Waals surface area contributed by atoms with Crippen molar-refractivity contribution in [1.82, 2.24) is 4.98 Å². The van der Waals surface area contributed by atoms with Crippen LogP contribution >= 0.6 is 17.6 Å². The van der Waals surface area contributed by atoms with Crippen LogP contribution in [0, 0.1) is 0 Å². The van der Waals surface area contributed by atoms with Crippen molar-refractivity contribution >= 4 is 46.7 Å². The van der Waals surface area contributed by atoms with Crippen LogP contribution < -0.4 is 5.32 Å². The molecule has 196 valence electrons. The molecule has 1 heterocycles. The molecule has 3 aromatic carbocycles. The average molecular weight is 564 g/mol. The average Bonchev–Trinajstić information content (AvgIpc) is 3.42. The van der Waals surface area contributed by atoms with Crippen LogP contribution in [0.5, 0.6) is 0 Å². The molecule has 0 bridgehead atoms. The van der Waals surface area contributed by atoms with Crippen LogP contribution in [0.3, 0.4) is 0 Å². The number of hydrogen-bond donors (Lipinski definition) is 1. The van der Waals surface area contributed by atoms with E-state index in [0.717, 1.165) is 28.0 Å². The molecule has 0 aliphatic heterocycles. The van der Waals surface area contributed by atoms with Crippen molar-refractivity contribution < 1.29 is 14.2 Å². The minimum absolute atomic E-state index is 0.118. The number of nitrogens with zero attached hydrogens (tertiary/aromatic N) is 2. The number of thiazole rings is 1. The van der Waals surface area contributed by atoms with E-state index < -0.39 is 17.8 Å². The van der Waals surface area contributed by atoms with Crippen molar-refractivity contribution in [3.63, 3.8) is 0 Å². The second-order valence-electron chi connectivity index (χ2n) is 8.48. The second kappa shape index (κ2) is 13.0. The maximum Gasteiger partial charge on any atom is 0.356 e. The van der Waals surface area contributed by atoms with Crippen molar-refractivity contribution in [2.75, 3.05) is 17.6 Å². The van der Waals surface area contributed by atoms with Crippen molar-refractivity contribution in [2.45, 2.75) is 26.0 Å². The highest BCUT2D eigenvalue weighted by Gasteiger charge is 2.37. The molecule has 0 saturated carbocycles. The Balaban J connectivity index is 1.56. The van der Waals surface area contributed by atoms with Crippen molar-refractivity contribution in [1.29, 1.82) is 0 Å². The van der Waals surface area contributed by atoms with E-state index in [1.165, 1.54) is 11.3 Å². The molecule has 0 saturated heterocycles. The van der Waals surface area contributed by atoms with Gasteiger partial charge in [0.15, 0.2) is 18.0 Å². The molecular weight excluding hydrogens is 533 g/mol. The van der Waals surface area contributed by atoms with Gasteiger partial charge in [0, 0.05) is 17.7 Å². The maximum absolute atomic E-state index is 12.0. The number of hydrogen-bond acceptors (Lipinski definition) is 8. The second-order valence-corrected chi connectivity index (χ2v) is 14.4. The van der Waals surface area contributed by atoms with E-state index >= 15 is 0 Å². The molecule has 9 heteroatoms. The lowest BCUT2D eigenvalue weighted by molar-refractivity contribution is -0.126. The molecular formula is C29H30N3O3PS2. The molecule has 6 nitrogen and oxygen atoms in total. The van der Waals surface area contributed by atoms with E-state index in [0.29, 0.717) is 18.0 Å². The molecule has 0 radical (unpaired) electrons. The molecule has 4 rings (SSSR count). The van der Waals surface area contributed by atoms with Crippen LogP contribution in [0.25, 0.3) is 0 Å². The normalized spacial score (nSPS) is 11.8. The van der Waals surface area contributed by atoms with Gasteiger partial charge in [-0.3, -0.25) is 0 Å². The summed E-state index contributed by atoms with van der Waals surface area (Å²) in [6, 6.07) is 31.0. The third-order valence-electron chi connectivity index (χ3n) is 6.13. The fraction of sp³-hybridized carbons (Fsp3) is 0.207. The van der Waals surface area contributed by atoms with Gasteiger partial charge >= 0.3 is 5.97 Å². The van der Waals surface area contributed by atoms with Gasteiger partial charge in [0.2, 0.25) is 0 Å². The van der Waals surface area contributed by atoms with Gasteiger partial charge in [-0.05, 0) is 16.7 Å². The SMILES string of the molecule is CCP(=S)(CC)OC(=O)/C=N\OCc1csc(NC(c2ccccc2)(c2ccccc2)c2ccccc2)n1. The zero-order valence-electron chi connectivity index (χ0n) is 21.3. The predicted molar refractivity (Wildman–Crippen MR) is 160 cm³/mol. The summed E-state index contributed by atoms with van der Waals surface area (Å²) in [5, 5.41) is 10.1. The van der Waals surface area contributed by atoms with Gasteiger partial charge in [-0.25, -0.2) is 9.78 Å². The lowest BCUT2D eigenvalue weighted by Crippen LogP contribution is -2.38. The summed E-state index contributed by atoms with van der Waals surface area (Å²) >= 11 is 6.92. The first-order valence-electron chi connectivity index (χ1n) is 12.3. The van der Waals surface area contributed by atoms with Gasteiger partial charge in [0.25, 0.3) is 0 Å². The van der Waals surface area contributed by atoms with E-state index in [1.54, 1.807) is 0 Å². The minimum Gasteiger partial charge on any atom is -0.433 e. The standard InChI is InChI=1S/C29H30N3O3PS2/c1-3-36(37,4-2)35-27(33)20-30-34-21-26-22-38-28(31-26)32-29(23-14-8-5-9-15-23,24-16-10-6-11-17-24)25-18-12-7-13-19-25/h5-20,22H,3-4,21H2,1-2H3,(H,31,32)/b30-20-. The van der Waals surface area contributed by atoms with E-state index in [2.05, 4.69) is 46.9 Å². The highest BCUT2D eigenvalue weighted by molar-refractivity contribution is 8.12. The number of rotatable bonds is 12. The van der Waals surface area contributed by atoms with Gasteiger partial charge in [-0.2, -0.15) is 0 Å². The highest BCUT2D eigenvalue weighted by Crippen LogP contribution is 2.46. The first-order valence-corrected chi connectivity index (χ1v) is 16.3. The van der Waals surface area contributed by atoms with Gasteiger partial charge in [-0.1, -0.05) is 122 Å². The molecule has 4 aromatic rings. The van der Waals surface area contributed by atoms with Crippen LogP contribution in [0.15, 0.2) is 102 Å². The van der Waals surface area contributed by atoms with Crippen molar-refractivity contribution in [2.24, 2.45) is 5.16 Å². The molecule has 0 aliphatic carbocycles. The Labute approximate surface area is 232 Å². The fourth-order valence-corrected chi connectivity index (χ4v) is 6.15. The first-order chi connectivity index (χ1) is 18.5. The summed E-state index contributed by atoms with van der Waals surface area (Å²) in [6.07, 6.45) is 0.226. The Morgan fingerprint density at radius 3 is 1.92 bits per heavy atom. The minimum atomic E-state index is -2.12. The Morgan fingerprint density at radius 2 is 1.45 bits per heavy atom. The molecule has 0 aliphatic rings. The van der Waals surface area contributed by atoms with Crippen LogP contribution in [-0.2, 0) is 38.1 Å². The molecule has 0 spiro atoms. The van der Waals surface area contributed by atoms with Crippen molar-refractivity contribution in [3.05, 3.63) is 119 Å². The molecule has 0 amide bonds. The van der Waals surface area contributed by atoms with Crippen LogP contribution in [0.1, 0.15) is 36.2 Å². The van der Waals surface area contributed by atoms with E-state index in [1.807, 2.05) is 73.8 Å². The van der Waals surface area contributed by atoms with E-state index in [4.69, 9.17) is 26.2 Å². The number of carbonyl (C=O) groups excluding carboxylic acids is 1. The molecule has 38 heavy (non-hydrogen) atoms.